The minimum Gasteiger partial charge on any atom is -0.457 e. The molecule has 7 N–H and O–H groups in total. The zero-order valence-corrected chi connectivity index (χ0v) is 13.4. The average molecular weight is 357 g/mol. The Kier molecular flexibility index (Phi) is 6.47. The molecule has 140 valence electrons. The molecular weight excluding hydrogens is 334 g/mol. The van der Waals surface area contributed by atoms with Gasteiger partial charge in [-0.2, -0.15) is 0 Å². The zero-order chi connectivity index (χ0) is 18.6. The molecule has 1 heterocycles. The predicted molar refractivity (Wildman–Crippen MR) is 83.8 cm³/mol. The molecule has 0 radical (unpaired) electrons. The van der Waals surface area contributed by atoms with Gasteiger partial charge in [-0.1, -0.05) is 30.3 Å². The Bertz CT molecular complexity index is 571. The van der Waals surface area contributed by atoms with Crippen LogP contribution in [0.3, 0.4) is 0 Å². The van der Waals surface area contributed by atoms with E-state index < -0.39 is 55.2 Å². The molecule has 0 amide bonds. The van der Waals surface area contributed by atoms with E-state index in [4.69, 9.17) is 20.3 Å². The molecule has 6 atom stereocenters. The van der Waals surface area contributed by atoms with Gasteiger partial charge in [0.25, 0.3) is 5.79 Å². The molecule has 0 bridgehead atoms. The van der Waals surface area contributed by atoms with Gasteiger partial charge in [0, 0.05) is 6.42 Å². The maximum Gasteiger partial charge on any atom is 0.367 e. The molecule has 1 aliphatic rings. The van der Waals surface area contributed by atoms with Gasteiger partial charge in [-0.3, -0.25) is 0 Å². The fourth-order valence-corrected chi connectivity index (χ4v) is 2.58. The number of aliphatic hydroxyl groups is 5. The van der Waals surface area contributed by atoms with Crippen molar-refractivity contribution in [1.29, 1.82) is 0 Å². The predicted octanol–water partition coefficient (Wildman–Crippen LogP) is -2.39. The topological polar surface area (TPSA) is 163 Å². The van der Waals surface area contributed by atoms with Crippen molar-refractivity contribution < 1.29 is 39.8 Å². The summed E-state index contributed by atoms with van der Waals surface area (Å²) in [6.07, 6.45) is -6.77. The van der Waals surface area contributed by atoms with Crippen molar-refractivity contribution >= 4 is 5.97 Å². The van der Waals surface area contributed by atoms with Crippen LogP contribution in [-0.2, 0) is 20.9 Å². The first-order chi connectivity index (χ1) is 11.8. The number of esters is 1. The monoisotopic (exact) mass is 357 g/mol. The summed E-state index contributed by atoms with van der Waals surface area (Å²) in [6, 6.07) is 7.54. The molecule has 25 heavy (non-hydrogen) atoms. The number of nitrogens with two attached hydrogens (primary N) is 1. The first-order valence-electron chi connectivity index (χ1n) is 7.80. The Morgan fingerprint density at radius 1 is 1.36 bits per heavy atom. The van der Waals surface area contributed by atoms with Gasteiger partial charge in [0.1, 0.15) is 24.9 Å². The van der Waals surface area contributed by atoms with E-state index in [1.165, 1.54) is 0 Å². The normalized spacial score (nSPS) is 32.0. The molecule has 9 nitrogen and oxygen atoms in total. The van der Waals surface area contributed by atoms with Crippen LogP contribution in [0.25, 0.3) is 0 Å². The molecule has 0 aromatic heterocycles. The van der Waals surface area contributed by atoms with Gasteiger partial charge >= 0.3 is 5.97 Å². The van der Waals surface area contributed by atoms with E-state index in [0.717, 1.165) is 0 Å². The quantitative estimate of drug-likeness (QED) is 0.305. The van der Waals surface area contributed by atoms with Crippen LogP contribution in [0.2, 0.25) is 0 Å². The van der Waals surface area contributed by atoms with Gasteiger partial charge in [-0.15, -0.1) is 0 Å². The van der Waals surface area contributed by atoms with E-state index in [2.05, 4.69) is 0 Å². The van der Waals surface area contributed by atoms with Crippen LogP contribution >= 0.6 is 0 Å². The molecule has 0 spiro atoms. The number of ether oxygens (including phenoxy) is 2. The minimum atomic E-state index is -2.54. The fraction of sp³-hybridized carbons (Fsp3) is 0.562. The maximum absolute atomic E-state index is 12.2. The van der Waals surface area contributed by atoms with E-state index in [-0.39, 0.29) is 6.61 Å². The van der Waals surface area contributed by atoms with Crippen molar-refractivity contribution in [3.05, 3.63) is 35.9 Å². The van der Waals surface area contributed by atoms with Crippen LogP contribution in [0.4, 0.5) is 0 Å². The lowest BCUT2D eigenvalue weighted by Crippen LogP contribution is -2.65. The number of carbonyl (C=O) groups excluding carboxylic acids is 1. The van der Waals surface area contributed by atoms with Crippen LogP contribution in [-0.4, -0.2) is 74.4 Å². The lowest BCUT2D eigenvalue weighted by molar-refractivity contribution is -0.295. The highest BCUT2D eigenvalue weighted by Crippen LogP contribution is 2.30. The average Bonchev–Trinajstić information content (AvgIpc) is 2.62. The molecule has 9 heteroatoms. The number of carbonyl (C=O) groups is 1. The van der Waals surface area contributed by atoms with Crippen molar-refractivity contribution in [2.75, 3.05) is 6.61 Å². The van der Waals surface area contributed by atoms with Crippen molar-refractivity contribution in [2.45, 2.75) is 49.3 Å². The number of benzene rings is 1. The second-order valence-corrected chi connectivity index (χ2v) is 6.02. The number of aliphatic hydroxyl groups excluding tert-OH is 4. The van der Waals surface area contributed by atoms with Gasteiger partial charge in [0.15, 0.2) is 0 Å². The van der Waals surface area contributed by atoms with Gasteiger partial charge in [-0.05, 0) is 5.56 Å². The van der Waals surface area contributed by atoms with E-state index in [1.54, 1.807) is 30.3 Å². The third-order valence-corrected chi connectivity index (χ3v) is 4.09. The fourth-order valence-electron chi connectivity index (χ4n) is 2.58. The van der Waals surface area contributed by atoms with E-state index >= 15 is 0 Å². The lowest BCUT2D eigenvalue weighted by Gasteiger charge is -2.43. The van der Waals surface area contributed by atoms with E-state index in [0.29, 0.717) is 5.56 Å². The van der Waals surface area contributed by atoms with Gasteiger partial charge < -0.3 is 40.7 Å². The SMILES string of the molecule is N[C@@H]1C(O)C[C@](O)(C(=O)OCc2ccccc2)OC1[C@H](O)[C@H](O)CO. The molecule has 0 saturated carbocycles. The van der Waals surface area contributed by atoms with Crippen LogP contribution in [0.15, 0.2) is 30.3 Å². The van der Waals surface area contributed by atoms with Crippen molar-refractivity contribution in [1.82, 2.24) is 0 Å². The Morgan fingerprint density at radius 2 is 2.00 bits per heavy atom. The Labute approximate surface area is 144 Å². The summed E-state index contributed by atoms with van der Waals surface area (Å²) in [4.78, 5) is 12.2. The summed E-state index contributed by atoms with van der Waals surface area (Å²) in [7, 11) is 0. The summed E-state index contributed by atoms with van der Waals surface area (Å²) in [5.74, 6) is -3.69. The molecule has 1 aromatic carbocycles. The molecule has 1 fully saturated rings. The maximum atomic E-state index is 12.2. The van der Waals surface area contributed by atoms with Gasteiger partial charge in [0.05, 0.1) is 18.8 Å². The minimum absolute atomic E-state index is 0.125. The van der Waals surface area contributed by atoms with Crippen LogP contribution in [0, 0.1) is 0 Å². The second kappa shape index (κ2) is 8.19. The molecule has 1 saturated heterocycles. The molecule has 1 aromatic rings. The second-order valence-electron chi connectivity index (χ2n) is 6.02. The van der Waals surface area contributed by atoms with Crippen molar-refractivity contribution in [3.8, 4) is 0 Å². The van der Waals surface area contributed by atoms with Gasteiger partial charge in [0.2, 0.25) is 0 Å². The highest BCUT2D eigenvalue weighted by molar-refractivity contribution is 5.77. The highest BCUT2D eigenvalue weighted by atomic mass is 16.7. The first-order valence-corrected chi connectivity index (χ1v) is 7.80. The first kappa shape index (κ1) is 19.7. The number of hydrogen-bond donors (Lipinski definition) is 6. The highest BCUT2D eigenvalue weighted by Gasteiger charge is 2.53. The van der Waals surface area contributed by atoms with E-state index in [1.807, 2.05) is 0 Å². The zero-order valence-electron chi connectivity index (χ0n) is 13.4. The number of rotatable bonds is 6. The molecule has 2 rings (SSSR count). The van der Waals surface area contributed by atoms with E-state index in [9.17, 15) is 25.2 Å². The van der Waals surface area contributed by atoms with Crippen LogP contribution in [0.1, 0.15) is 12.0 Å². The Morgan fingerprint density at radius 3 is 2.60 bits per heavy atom. The molecule has 2 unspecified atom stereocenters. The van der Waals surface area contributed by atoms with Crippen LogP contribution < -0.4 is 5.73 Å². The largest absolute Gasteiger partial charge is 0.457 e. The standard InChI is InChI=1S/C16H23NO8/c17-12-10(19)6-16(23,25-14(12)13(21)11(20)7-18)15(22)24-8-9-4-2-1-3-5-9/h1-5,10-14,18-21,23H,6-8,17H2/t10?,11-,12-,13-,14?,16-/m1/s1. The summed E-state index contributed by atoms with van der Waals surface area (Å²) >= 11 is 0. The summed E-state index contributed by atoms with van der Waals surface area (Å²) in [5, 5.41) is 48.8. The summed E-state index contributed by atoms with van der Waals surface area (Å²) < 4.78 is 10.2. The van der Waals surface area contributed by atoms with Gasteiger partial charge in [-0.25, -0.2) is 4.79 Å². The molecular formula is C16H23NO8. The number of hydrogen-bond acceptors (Lipinski definition) is 9. The summed E-state index contributed by atoms with van der Waals surface area (Å²) in [6.45, 7) is -0.916. The molecule has 1 aliphatic heterocycles. The Hall–Kier alpha value is -1.59. The third-order valence-electron chi connectivity index (χ3n) is 4.09. The van der Waals surface area contributed by atoms with Crippen molar-refractivity contribution in [2.24, 2.45) is 5.73 Å². The van der Waals surface area contributed by atoms with Crippen LogP contribution in [0.5, 0.6) is 0 Å². The third kappa shape index (κ3) is 4.53. The smallest absolute Gasteiger partial charge is 0.367 e. The van der Waals surface area contributed by atoms with Crippen molar-refractivity contribution in [3.63, 3.8) is 0 Å². The Balaban J connectivity index is 2.08. The lowest BCUT2D eigenvalue weighted by atomic mass is 9.89. The summed E-state index contributed by atoms with van der Waals surface area (Å²) in [5.41, 5.74) is 6.39. The molecule has 0 aliphatic carbocycles.